The normalized spacial score (nSPS) is 17.1. The Morgan fingerprint density at radius 2 is 1.85 bits per heavy atom. The van der Waals surface area contributed by atoms with Gasteiger partial charge in [-0.15, -0.1) is 0 Å². The summed E-state index contributed by atoms with van der Waals surface area (Å²) in [4.78, 5) is 26.8. The van der Waals surface area contributed by atoms with E-state index in [0.29, 0.717) is 6.54 Å². The summed E-state index contributed by atoms with van der Waals surface area (Å²) < 4.78 is 2.11. The smallest absolute Gasteiger partial charge is 0.243 e. The average Bonchev–Trinajstić information content (AvgIpc) is 3.25. The first-order valence-electron chi connectivity index (χ1n) is 9.43. The first kappa shape index (κ1) is 19.2. The van der Waals surface area contributed by atoms with Crippen molar-refractivity contribution in [3.05, 3.63) is 53.3 Å². The Kier molecular flexibility index (Phi) is 5.96. The highest BCUT2D eigenvalue weighted by atomic mass is 16.2. The van der Waals surface area contributed by atoms with Gasteiger partial charge >= 0.3 is 0 Å². The number of nitrogens with zero attached hydrogens (tertiary/aromatic N) is 2. The summed E-state index contributed by atoms with van der Waals surface area (Å²) in [6.45, 7) is 5.11. The summed E-state index contributed by atoms with van der Waals surface area (Å²) in [5.41, 5.74) is 4.07. The zero-order valence-electron chi connectivity index (χ0n) is 16.3. The molecule has 1 aliphatic rings. The molecule has 27 heavy (non-hydrogen) atoms. The Hall–Kier alpha value is -2.60. The molecule has 2 N–H and O–H groups in total. The fraction of sp³-hybridized carbons (Fsp3) is 0.429. The van der Waals surface area contributed by atoms with E-state index in [9.17, 15) is 9.59 Å². The van der Waals surface area contributed by atoms with Gasteiger partial charge < -0.3 is 15.2 Å². The van der Waals surface area contributed by atoms with Gasteiger partial charge in [-0.05, 0) is 56.5 Å². The number of amides is 2. The van der Waals surface area contributed by atoms with Crippen LogP contribution in [0.2, 0.25) is 0 Å². The molecule has 1 saturated heterocycles. The average molecular weight is 368 g/mol. The number of rotatable bonds is 6. The highest BCUT2D eigenvalue weighted by Crippen LogP contribution is 2.31. The van der Waals surface area contributed by atoms with Crippen LogP contribution in [0.15, 0.2) is 36.5 Å². The van der Waals surface area contributed by atoms with Crippen LogP contribution in [0.1, 0.15) is 35.7 Å². The minimum atomic E-state index is -0.207. The molecule has 0 aliphatic carbocycles. The number of nitrogens with one attached hydrogen (secondary N) is 2. The van der Waals surface area contributed by atoms with Crippen LogP contribution in [-0.4, -0.2) is 40.9 Å². The molecule has 6 heteroatoms. The second kappa shape index (κ2) is 8.39. The van der Waals surface area contributed by atoms with Crippen molar-refractivity contribution in [1.29, 1.82) is 0 Å². The lowest BCUT2D eigenvalue weighted by molar-refractivity contribution is -0.125. The molecule has 0 radical (unpaired) electrons. The lowest BCUT2D eigenvalue weighted by Crippen LogP contribution is -2.40. The van der Waals surface area contributed by atoms with Crippen molar-refractivity contribution >= 4 is 17.5 Å². The van der Waals surface area contributed by atoms with Gasteiger partial charge in [-0.2, -0.15) is 0 Å². The Bertz CT molecular complexity index is 807. The molecule has 2 heterocycles. The molecule has 0 unspecified atom stereocenters. The molecule has 1 aromatic heterocycles. The van der Waals surface area contributed by atoms with E-state index in [1.807, 2.05) is 51.4 Å². The van der Waals surface area contributed by atoms with Crippen LogP contribution in [0.25, 0.3) is 0 Å². The number of benzene rings is 1. The highest BCUT2D eigenvalue weighted by molar-refractivity contribution is 5.95. The van der Waals surface area contributed by atoms with Gasteiger partial charge in [-0.1, -0.05) is 18.2 Å². The summed E-state index contributed by atoms with van der Waals surface area (Å²) in [5, 5.41) is 5.65. The van der Waals surface area contributed by atoms with E-state index >= 15 is 0 Å². The Morgan fingerprint density at radius 1 is 1.11 bits per heavy atom. The summed E-state index contributed by atoms with van der Waals surface area (Å²) in [6.07, 6.45) is 4.16. The number of likely N-dealkylation sites (tertiary alicyclic amines) is 1. The fourth-order valence-electron chi connectivity index (χ4n) is 3.79. The second-order valence-corrected chi connectivity index (χ2v) is 7.26. The summed E-state index contributed by atoms with van der Waals surface area (Å²) in [6, 6.07) is 10.3. The number of para-hydroxylation sites is 1. The first-order chi connectivity index (χ1) is 13.0. The third-order valence-corrected chi connectivity index (χ3v) is 5.23. The molecule has 1 aromatic carbocycles. The third-order valence-electron chi connectivity index (χ3n) is 5.23. The molecular formula is C21H28N4O2. The molecule has 2 aromatic rings. The minimum absolute atomic E-state index is 0.0186. The van der Waals surface area contributed by atoms with E-state index in [4.69, 9.17) is 0 Å². The molecule has 2 amide bonds. The molecule has 0 spiro atoms. The molecule has 3 rings (SSSR count). The van der Waals surface area contributed by atoms with E-state index in [2.05, 4.69) is 26.2 Å². The fourth-order valence-corrected chi connectivity index (χ4v) is 3.79. The third kappa shape index (κ3) is 4.57. The Morgan fingerprint density at radius 3 is 2.52 bits per heavy atom. The van der Waals surface area contributed by atoms with Crippen LogP contribution in [0.4, 0.5) is 5.69 Å². The molecule has 1 atom stereocenters. The van der Waals surface area contributed by atoms with Crippen LogP contribution in [0.3, 0.4) is 0 Å². The number of hydrogen-bond donors (Lipinski definition) is 2. The standard InChI is InChI=1S/C21H28N4O2/c1-15-7-4-8-16(2)21(15)23-19(26)13-22-20(27)14-25-12-6-10-18(25)17-9-5-11-24(17)3/h4-5,7-9,11,18H,6,10,12-14H2,1-3H3,(H,22,27)(H,23,26)/t18-/m1/s1. The summed E-state index contributed by atoms with van der Waals surface area (Å²) >= 11 is 0. The van der Waals surface area contributed by atoms with Crippen molar-refractivity contribution in [3.63, 3.8) is 0 Å². The van der Waals surface area contributed by atoms with Crippen molar-refractivity contribution in [1.82, 2.24) is 14.8 Å². The van der Waals surface area contributed by atoms with Gasteiger partial charge in [-0.3, -0.25) is 14.5 Å². The topological polar surface area (TPSA) is 66.4 Å². The van der Waals surface area contributed by atoms with Crippen molar-refractivity contribution in [2.75, 3.05) is 25.0 Å². The molecule has 1 fully saturated rings. The van der Waals surface area contributed by atoms with Crippen LogP contribution in [0, 0.1) is 13.8 Å². The monoisotopic (exact) mass is 368 g/mol. The molecular weight excluding hydrogens is 340 g/mol. The number of anilines is 1. The first-order valence-corrected chi connectivity index (χ1v) is 9.43. The van der Waals surface area contributed by atoms with Crippen molar-refractivity contribution in [2.24, 2.45) is 7.05 Å². The summed E-state index contributed by atoms with van der Waals surface area (Å²) in [5.74, 6) is -0.325. The van der Waals surface area contributed by atoms with Crippen LogP contribution in [-0.2, 0) is 16.6 Å². The van der Waals surface area contributed by atoms with Gasteiger partial charge in [0, 0.05) is 24.6 Å². The predicted octanol–water partition coefficient (Wildman–Crippen LogP) is 2.53. The lowest BCUT2D eigenvalue weighted by atomic mass is 10.1. The quantitative estimate of drug-likeness (QED) is 0.823. The Labute approximate surface area is 160 Å². The van der Waals surface area contributed by atoms with Gasteiger partial charge in [0.2, 0.25) is 11.8 Å². The number of carbonyl (C=O) groups is 2. The van der Waals surface area contributed by atoms with Crippen molar-refractivity contribution in [3.8, 4) is 0 Å². The largest absolute Gasteiger partial charge is 0.353 e. The SMILES string of the molecule is Cc1cccc(C)c1NC(=O)CNC(=O)CN1CCC[C@@H]1c1cccn1C. The second-order valence-electron chi connectivity index (χ2n) is 7.26. The van der Waals surface area contributed by atoms with Gasteiger partial charge in [-0.25, -0.2) is 0 Å². The molecule has 0 bridgehead atoms. The minimum Gasteiger partial charge on any atom is -0.353 e. The zero-order valence-corrected chi connectivity index (χ0v) is 16.3. The molecule has 6 nitrogen and oxygen atoms in total. The van der Waals surface area contributed by atoms with Gasteiger partial charge in [0.15, 0.2) is 0 Å². The number of hydrogen-bond acceptors (Lipinski definition) is 3. The molecule has 1 aliphatic heterocycles. The Balaban J connectivity index is 1.51. The van der Waals surface area contributed by atoms with Gasteiger partial charge in [0.1, 0.15) is 0 Å². The van der Waals surface area contributed by atoms with Gasteiger partial charge in [0.05, 0.1) is 19.1 Å². The predicted molar refractivity (Wildman–Crippen MR) is 107 cm³/mol. The number of aryl methyl sites for hydroxylation is 3. The van der Waals surface area contributed by atoms with E-state index < -0.39 is 0 Å². The maximum atomic E-state index is 12.4. The maximum Gasteiger partial charge on any atom is 0.243 e. The van der Waals surface area contributed by atoms with Gasteiger partial charge in [0.25, 0.3) is 0 Å². The maximum absolute atomic E-state index is 12.4. The van der Waals surface area contributed by atoms with E-state index in [1.54, 1.807) is 0 Å². The van der Waals surface area contributed by atoms with E-state index in [0.717, 1.165) is 36.2 Å². The highest BCUT2D eigenvalue weighted by Gasteiger charge is 2.28. The zero-order chi connectivity index (χ0) is 19.4. The van der Waals surface area contributed by atoms with Crippen molar-refractivity contribution in [2.45, 2.75) is 32.7 Å². The van der Waals surface area contributed by atoms with E-state index in [-0.39, 0.29) is 24.4 Å². The molecule has 144 valence electrons. The van der Waals surface area contributed by atoms with Crippen LogP contribution < -0.4 is 10.6 Å². The molecule has 0 saturated carbocycles. The number of carbonyl (C=O) groups excluding carboxylic acids is 2. The lowest BCUT2D eigenvalue weighted by Gasteiger charge is -2.24. The van der Waals surface area contributed by atoms with Crippen LogP contribution in [0.5, 0.6) is 0 Å². The van der Waals surface area contributed by atoms with E-state index in [1.165, 1.54) is 5.69 Å². The summed E-state index contributed by atoms with van der Waals surface area (Å²) in [7, 11) is 2.03. The van der Waals surface area contributed by atoms with Crippen molar-refractivity contribution < 1.29 is 9.59 Å². The number of aromatic nitrogens is 1. The van der Waals surface area contributed by atoms with Crippen LogP contribution >= 0.6 is 0 Å².